The Kier molecular flexibility index (Phi) is 5.82. The number of benzene rings is 1. The van der Waals surface area contributed by atoms with Gasteiger partial charge >= 0.3 is 0 Å². The Morgan fingerprint density at radius 3 is 2.18 bits per heavy atom. The van der Waals surface area contributed by atoms with Gasteiger partial charge in [-0.3, -0.25) is 0 Å². The second kappa shape index (κ2) is 6.93. The van der Waals surface area contributed by atoms with Gasteiger partial charge in [0.15, 0.2) is 0 Å². The van der Waals surface area contributed by atoms with Gasteiger partial charge in [0.1, 0.15) is 16.4 Å². The third-order valence-electron chi connectivity index (χ3n) is 2.45. The fourth-order valence-corrected chi connectivity index (χ4v) is 3.95. The zero-order valence-electron chi connectivity index (χ0n) is 10.7. The molecule has 22 heavy (non-hydrogen) atoms. The lowest BCUT2D eigenvalue weighted by Gasteiger charge is -2.11. The molecule has 0 saturated heterocycles. The minimum Gasteiger partial charge on any atom is -0.479 e. The molecule has 0 atom stereocenters. The van der Waals surface area contributed by atoms with Crippen molar-refractivity contribution in [2.24, 2.45) is 0 Å². The number of methoxy groups -OCH3 is 1. The molecule has 1 aromatic carbocycles. The van der Waals surface area contributed by atoms with E-state index in [9.17, 15) is 0 Å². The molecule has 0 aliphatic heterocycles. The van der Waals surface area contributed by atoms with Crippen LogP contribution in [0.4, 0.5) is 5.82 Å². The predicted molar refractivity (Wildman–Crippen MR) is 95.7 cm³/mol. The summed E-state index contributed by atoms with van der Waals surface area (Å²) < 4.78 is 4.82. The minimum atomic E-state index is -1.64. The molecule has 1 aromatic heterocycles. The molecule has 0 radical (unpaired) electrons. The first-order valence-electron chi connectivity index (χ1n) is 5.47. The molecule has 0 saturated carbocycles. The summed E-state index contributed by atoms with van der Waals surface area (Å²) >= 11 is 36.4. The zero-order valence-corrected chi connectivity index (χ0v) is 16.1. The topological polar surface area (TPSA) is 53.1 Å². The monoisotopic (exact) mass is 439 g/mol. The fraction of sp³-hybridized carbons (Fsp3) is 0.182. The number of nitrogen functional groups attached to an aromatic ring is 1. The number of alkyl halides is 3. The van der Waals surface area contributed by atoms with Gasteiger partial charge in [-0.2, -0.15) is 0 Å². The molecule has 2 aromatic rings. The molecule has 2 N–H and O–H groups in total. The van der Waals surface area contributed by atoms with E-state index in [1.54, 1.807) is 0 Å². The number of aromatic nitrogens is 2. The van der Waals surface area contributed by atoms with Crippen LogP contribution in [0.25, 0.3) is 5.69 Å². The molecule has 0 spiro atoms. The van der Waals surface area contributed by atoms with Crippen molar-refractivity contribution >= 4 is 87.2 Å². The van der Waals surface area contributed by atoms with Crippen LogP contribution in [0.3, 0.4) is 0 Å². The molecule has 0 aliphatic rings. The second-order valence-electron chi connectivity index (χ2n) is 3.90. The standard InChI is InChI=1S/C11H7Cl6N3OS/c1-21-10-8(22-11(15,16)17)9(18)20(19-10)7-5(13)2-4(12)3-6(7)14/h2-3H,18H2,1H3. The molecular weight excluding hydrogens is 435 g/mol. The maximum Gasteiger partial charge on any atom is 0.249 e. The number of rotatable bonds is 3. The van der Waals surface area contributed by atoms with Crippen molar-refractivity contribution in [2.75, 3.05) is 12.8 Å². The molecule has 0 bridgehead atoms. The van der Waals surface area contributed by atoms with E-state index < -0.39 is 3.12 Å². The predicted octanol–water partition coefficient (Wildman–Crippen LogP) is 5.84. The zero-order chi connectivity index (χ0) is 16.7. The van der Waals surface area contributed by atoms with Crippen LogP contribution in [0.2, 0.25) is 15.1 Å². The van der Waals surface area contributed by atoms with Crippen molar-refractivity contribution in [3.05, 3.63) is 27.2 Å². The van der Waals surface area contributed by atoms with Crippen LogP contribution in [0.5, 0.6) is 5.88 Å². The highest BCUT2D eigenvalue weighted by Crippen LogP contribution is 2.49. The number of halogens is 6. The maximum absolute atomic E-state index is 6.17. The Morgan fingerprint density at radius 2 is 1.73 bits per heavy atom. The summed E-state index contributed by atoms with van der Waals surface area (Å²) in [4.78, 5) is 0.351. The smallest absolute Gasteiger partial charge is 0.249 e. The van der Waals surface area contributed by atoms with Gasteiger partial charge in [-0.1, -0.05) is 81.4 Å². The number of nitrogens with two attached hydrogens (primary N) is 1. The maximum atomic E-state index is 6.17. The van der Waals surface area contributed by atoms with Crippen molar-refractivity contribution in [1.82, 2.24) is 9.78 Å². The molecule has 2 rings (SSSR count). The normalized spacial score (nSPS) is 11.8. The lowest BCUT2D eigenvalue weighted by atomic mass is 10.3. The summed E-state index contributed by atoms with van der Waals surface area (Å²) in [6.07, 6.45) is 0. The SMILES string of the molecule is COc1nn(-c2c(Cl)cc(Cl)cc2Cl)c(N)c1SC(Cl)(Cl)Cl. The van der Waals surface area contributed by atoms with Crippen LogP contribution < -0.4 is 10.5 Å². The van der Waals surface area contributed by atoms with Crippen LogP contribution in [-0.4, -0.2) is 20.0 Å². The number of anilines is 1. The average Bonchev–Trinajstić information content (AvgIpc) is 2.64. The van der Waals surface area contributed by atoms with Crippen molar-refractivity contribution in [3.63, 3.8) is 0 Å². The average molecular weight is 442 g/mol. The Bertz CT molecular complexity index is 692. The highest BCUT2D eigenvalue weighted by Gasteiger charge is 2.29. The Balaban J connectivity index is 2.63. The van der Waals surface area contributed by atoms with Crippen molar-refractivity contribution < 1.29 is 4.74 Å². The van der Waals surface area contributed by atoms with Crippen LogP contribution in [0.1, 0.15) is 0 Å². The van der Waals surface area contributed by atoms with Crippen LogP contribution in [0, 0.1) is 0 Å². The van der Waals surface area contributed by atoms with Gasteiger partial charge in [0.2, 0.25) is 9.00 Å². The first-order chi connectivity index (χ1) is 10.1. The van der Waals surface area contributed by atoms with E-state index in [2.05, 4.69) is 5.10 Å². The first-order valence-corrected chi connectivity index (χ1v) is 8.55. The van der Waals surface area contributed by atoms with Crippen molar-refractivity contribution in [3.8, 4) is 11.6 Å². The van der Waals surface area contributed by atoms with Crippen LogP contribution in [-0.2, 0) is 0 Å². The number of thioether (sulfide) groups is 1. The Labute approximate surface area is 160 Å². The van der Waals surface area contributed by atoms with Crippen molar-refractivity contribution in [1.29, 1.82) is 0 Å². The van der Waals surface area contributed by atoms with Gasteiger partial charge in [-0.15, -0.1) is 5.10 Å². The Morgan fingerprint density at radius 1 is 1.18 bits per heavy atom. The van der Waals surface area contributed by atoms with E-state index in [-0.39, 0.29) is 21.7 Å². The van der Waals surface area contributed by atoms with E-state index in [1.165, 1.54) is 23.9 Å². The molecule has 120 valence electrons. The van der Waals surface area contributed by atoms with E-state index in [0.29, 0.717) is 15.6 Å². The third-order valence-corrected chi connectivity index (χ3v) is 4.76. The van der Waals surface area contributed by atoms with Gasteiger partial charge < -0.3 is 10.5 Å². The second-order valence-corrected chi connectivity index (χ2v) is 9.33. The third kappa shape index (κ3) is 3.96. The number of ether oxygens (including phenoxy) is 1. The van der Waals surface area contributed by atoms with Gasteiger partial charge in [0.25, 0.3) is 0 Å². The van der Waals surface area contributed by atoms with Crippen LogP contribution >= 0.6 is 81.4 Å². The first kappa shape index (κ1) is 18.5. The lowest BCUT2D eigenvalue weighted by molar-refractivity contribution is 0.385. The summed E-state index contributed by atoms with van der Waals surface area (Å²) in [6, 6.07) is 3.03. The largest absolute Gasteiger partial charge is 0.479 e. The lowest BCUT2D eigenvalue weighted by Crippen LogP contribution is -2.04. The summed E-state index contributed by atoms with van der Waals surface area (Å²) in [5.74, 6) is 0.343. The molecule has 1 heterocycles. The molecule has 0 fully saturated rings. The minimum absolute atomic E-state index is 0.166. The number of nitrogens with zero attached hydrogens (tertiary/aromatic N) is 2. The Hall–Kier alpha value is 0.120. The van der Waals surface area contributed by atoms with E-state index in [4.69, 9.17) is 80.1 Å². The number of hydrogen-bond donors (Lipinski definition) is 1. The molecule has 11 heteroatoms. The molecule has 0 amide bonds. The quantitative estimate of drug-likeness (QED) is 0.480. The molecule has 4 nitrogen and oxygen atoms in total. The van der Waals surface area contributed by atoms with E-state index in [0.717, 1.165) is 11.8 Å². The fourth-order valence-electron chi connectivity index (χ4n) is 1.65. The molecule has 0 unspecified atom stereocenters. The molecule has 0 aliphatic carbocycles. The summed E-state index contributed by atoms with van der Waals surface area (Å²) in [5.41, 5.74) is 6.42. The summed E-state index contributed by atoms with van der Waals surface area (Å²) in [6.45, 7) is 0. The van der Waals surface area contributed by atoms with E-state index >= 15 is 0 Å². The van der Waals surface area contributed by atoms with E-state index in [1.807, 2.05) is 0 Å². The van der Waals surface area contributed by atoms with Gasteiger partial charge in [0.05, 0.1) is 17.2 Å². The van der Waals surface area contributed by atoms with Gasteiger partial charge in [0, 0.05) is 5.02 Å². The van der Waals surface area contributed by atoms with Gasteiger partial charge in [-0.05, 0) is 12.1 Å². The summed E-state index contributed by atoms with van der Waals surface area (Å²) in [5, 5.41) is 5.10. The highest BCUT2D eigenvalue weighted by atomic mass is 35.6. The molecular formula is C11H7Cl6N3OS. The highest BCUT2D eigenvalue weighted by molar-refractivity contribution is 8.05. The number of hydrogen-bond acceptors (Lipinski definition) is 4. The van der Waals surface area contributed by atoms with Crippen molar-refractivity contribution in [2.45, 2.75) is 8.02 Å². The van der Waals surface area contributed by atoms with Crippen LogP contribution in [0.15, 0.2) is 17.0 Å². The summed E-state index contributed by atoms with van der Waals surface area (Å²) in [7, 11) is 1.42. The van der Waals surface area contributed by atoms with Gasteiger partial charge in [-0.25, -0.2) is 4.68 Å².